The molecule has 1 aromatic heterocycles. The molecule has 1 aliphatic rings. The normalized spacial score (nSPS) is 16.0. The van der Waals surface area contributed by atoms with E-state index >= 15 is 0 Å². The van der Waals surface area contributed by atoms with Crippen molar-refractivity contribution in [1.29, 1.82) is 0 Å². The quantitative estimate of drug-likeness (QED) is 0.544. The van der Waals surface area contributed by atoms with E-state index in [1.54, 1.807) is 12.1 Å². The van der Waals surface area contributed by atoms with Crippen LogP contribution >= 0.6 is 11.8 Å². The number of amides is 1. The minimum absolute atomic E-state index is 0.0447. The van der Waals surface area contributed by atoms with Gasteiger partial charge in [0, 0.05) is 24.3 Å². The molecule has 7 heteroatoms. The van der Waals surface area contributed by atoms with E-state index < -0.39 is 0 Å². The molecule has 1 fully saturated rings. The Balaban J connectivity index is 1.51. The lowest BCUT2D eigenvalue weighted by Crippen LogP contribution is -2.32. The van der Waals surface area contributed by atoms with Crippen LogP contribution in [0.15, 0.2) is 53.6 Å². The molecule has 0 bridgehead atoms. The highest BCUT2D eigenvalue weighted by Gasteiger charge is 2.18. The van der Waals surface area contributed by atoms with Crippen molar-refractivity contribution in [3.8, 4) is 22.6 Å². The molecule has 0 aliphatic carbocycles. The number of thioether (sulfide) groups is 1. The second-order valence-corrected chi connectivity index (χ2v) is 8.33. The molecule has 1 saturated heterocycles. The summed E-state index contributed by atoms with van der Waals surface area (Å²) in [5.74, 6) is 0.574. The predicted octanol–water partition coefficient (Wildman–Crippen LogP) is 4.58. The van der Waals surface area contributed by atoms with Gasteiger partial charge in [-0.3, -0.25) is 4.79 Å². The van der Waals surface area contributed by atoms with E-state index in [0.717, 1.165) is 41.3 Å². The highest BCUT2D eigenvalue weighted by molar-refractivity contribution is 8.00. The van der Waals surface area contributed by atoms with E-state index in [9.17, 15) is 9.18 Å². The summed E-state index contributed by atoms with van der Waals surface area (Å²) in [7, 11) is 0. The number of H-pyrrole nitrogens is 1. The molecule has 1 aliphatic heterocycles. The van der Waals surface area contributed by atoms with Crippen LogP contribution in [-0.2, 0) is 9.53 Å². The number of aromatic nitrogens is 2. The molecule has 2 aromatic carbocycles. The van der Waals surface area contributed by atoms with Crippen LogP contribution in [0.1, 0.15) is 18.4 Å². The molecule has 5 nitrogen and oxygen atoms in total. The van der Waals surface area contributed by atoms with Crippen LogP contribution in [0, 0.1) is 12.7 Å². The van der Waals surface area contributed by atoms with Gasteiger partial charge in [0.25, 0.3) is 0 Å². The van der Waals surface area contributed by atoms with Crippen molar-refractivity contribution in [2.75, 3.05) is 18.9 Å². The second kappa shape index (κ2) is 9.45. The summed E-state index contributed by atoms with van der Waals surface area (Å²) < 4.78 is 18.8. The van der Waals surface area contributed by atoms with E-state index in [0.29, 0.717) is 12.4 Å². The number of rotatable bonds is 7. The molecule has 1 atom stereocenters. The van der Waals surface area contributed by atoms with Crippen LogP contribution in [0.25, 0.3) is 22.6 Å². The fourth-order valence-corrected chi connectivity index (χ4v) is 4.18. The second-order valence-electron chi connectivity index (χ2n) is 7.37. The molecule has 2 heterocycles. The summed E-state index contributed by atoms with van der Waals surface area (Å²) in [5, 5.41) is 3.68. The maximum atomic E-state index is 13.3. The van der Waals surface area contributed by atoms with Gasteiger partial charge in [-0.05, 0) is 44.0 Å². The lowest BCUT2D eigenvalue weighted by Gasteiger charge is -2.10. The molecule has 2 N–H and O–H groups in total. The first-order valence-corrected chi connectivity index (χ1v) is 11.0. The molecule has 3 aromatic rings. The highest BCUT2D eigenvalue weighted by Crippen LogP contribution is 2.32. The highest BCUT2D eigenvalue weighted by atomic mass is 32.2. The Bertz CT molecular complexity index is 996. The third-order valence-corrected chi connectivity index (χ3v) is 5.99. The number of halogens is 1. The summed E-state index contributed by atoms with van der Waals surface area (Å²) in [5.41, 5.74) is 3.80. The van der Waals surface area contributed by atoms with Crippen LogP contribution in [0.3, 0.4) is 0 Å². The Kier molecular flexibility index (Phi) is 6.50. The summed E-state index contributed by atoms with van der Waals surface area (Å²) >= 11 is 1.39. The average Bonchev–Trinajstić information content (AvgIpc) is 3.42. The number of carbonyl (C=O) groups is 1. The fraction of sp³-hybridized carbons (Fsp3) is 0.304. The first-order valence-electron chi connectivity index (χ1n) is 10.0. The predicted molar refractivity (Wildman–Crippen MR) is 117 cm³/mol. The maximum Gasteiger partial charge on any atom is 0.230 e. The average molecular weight is 426 g/mol. The fourth-order valence-electron chi connectivity index (χ4n) is 3.34. The van der Waals surface area contributed by atoms with Gasteiger partial charge in [-0.2, -0.15) is 0 Å². The zero-order valence-corrected chi connectivity index (χ0v) is 17.6. The topological polar surface area (TPSA) is 67.0 Å². The Morgan fingerprint density at radius 1 is 1.20 bits per heavy atom. The van der Waals surface area contributed by atoms with Crippen LogP contribution in [0.2, 0.25) is 0 Å². The molecule has 0 saturated carbocycles. The summed E-state index contributed by atoms with van der Waals surface area (Å²) in [6, 6.07) is 14.3. The lowest BCUT2D eigenvalue weighted by molar-refractivity contribution is -0.119. The molecule has 4 rings (SSSR count). The van der Waals surface area contributed by atoms with Crippen molar-refractivity contribution in [2.24, 2.45) is 0 Å². The van der Waals surface area contributed by atoms with Crippen molar-refractivity contribution >= 4 is 17.7 Å². The van der Waals surface area contributed by atoms with Gasteiger partial charge in [-0.25, -0.2) is 9.37 Å². The van der Waals surface area contributed by atoms with E-state index in [-0.39, 0.29) is 23.6 Å². The third-order valence-electron chi connectivity index (χ3n) is 5.02. The van der Waals surface area contributed by atoms with Crippen LogP contribution in [-0.4, -0.2) is 40.9 Å². The summed E-state index contributed by atoms with van der Waals surface area (Å²) in [6.07, 6.45) is 2.16. The smallest absolute Gasteiger partial charge is 0.230 e. The van der Waals surface area contributed by atoms with E-state index in [1.807, 2.05) is 31.2 Å². The van der Waals surface area contributed by atoms with Crippen molar-refractivity contribution in [1.82, 2.24) is 15.3 Å². The summed E-state index contributed by atoms with van der Waals surface area (Å²) in [4.78, 5) is 20.4. The van der Waals surface area contributed by atoms with Gasteiger partial charge in [-0.1, -0.05) is 41.6 Å². The van der Waals surface area contributed by atoms with Crippen molar-refractivity contribution in [3.63, 3.8) is 0 Å². The number of aryl methyl sites for hydroxylation is 1. The zero-order chi connectivity index (χ0) is 20.9. The monoisotopic (exact) mass is 425 g/mol. The number of nitrogens with one attached hydrogen (secondary N) is 2. The van der Waals surface area contributed by atoms with Crippen LogP contribution in [0.4, 0.5) is 4.39 Å². The third kappa shape index (κ3) is 5.09. The first-order chi connectivity index (χ1) is 14.6. The van der Waals surface area contributed by atoms with Gasteiger partial charge >= 0.3 is 0 Å². The zero-order valence-electron chi connectivity index (χ0n) is 16.8. The Morgan fingerprint density at radius 3 is 2.63 bits per heavy atom. The standard InChI is InChI=1S/C23H24FN3O2S/c1-15-4-6-16(7-5-15)21-23(27-22(26-21)17-8-10-18(24)11-9-17)30-14-20(28)25-13-19-3-2-12-29-19/h4-11,19H,2-3,12-14H2,1H3,(H,25,28)(H,26,27)/t19-/m0/s1. The van der Waals surface area contributed by atoms with Gasteiger partial charge in [0.1, 0.15) is 16.7 Å². The number of aromatic amines is 1. The number of hydrogen-bond acceptors (Lipinski definition) is 4. The van der Waals surface area contributed by atoms with E-state index in [2.05, 4.69) is 10.3 Å². The summed E-state index contributed by atoms with van der Waals surface area (Å²) in [6.45, 7) is 3.36. The van der Waals surface area contributed by atoms with Gasteiger partial charge < -0.3 is 15.0 Å². The van der Waals surface area contributed by atoms with Gasteiger partial charge in [0.05, 0.1) is 17.6 Å². The molecule has 156 valence electrons. The minimum atomic E-state index is -0.290. The Labute approximate surface area is 179 Å². The number of carbonyl (C=O) groups excluding carboxylic acids is 1. The maximum absolute atomic E-state index is 13.3. The number of nitrogens with zero attached hydrogens (tertiary/aromatic N) is 1. The number of benzene rings is 2. The van der Waals surface area contributed by atoms with Gasteiger partial charge in [0.2, 0.25) is 5.91 Å². The van der Waals surface area contributed by atoms with Crippen molar-refractivity contribution in [2.45, 2.75) is 30.9 Å². The SMILES string of the molecule is Cc1ccc(-c2[nH]c(-c3ccc(F)cc3)nc2SCC(=O)NC[C@@H]2CCCO2)cc1. The van der Waals surface area contributed by atoms with Gasteiger partial charge in [-0.15, -0.1) is 0 Å². The van der Waals surface area contributed by atoms with E-state index in [1.165, 1.54) is 29.5 Å². The first kappa shape index (κ1) is 20.6. The molecule has 0 spiro atoms. The van der Waals surface area contributed by atoms with E-state index in [4.69, 9.17) is 9.72 Å². The minimum Gasteiger partial charge on any atom is -0.376 e. The largest absolute Gasteiger partial charge is 0.376 e. The lowest BCUT2D eigenvalue weighted by atomic mass is 10.1. The molecular formula is C23H24FN3O2S. The number of imidazole rings is 1. The molecule has 30 heavy (non-hydrogen) atoms. The molecule has 1 amide bonds. The Morgan fingerprint density at radius 2 is 1.93 bits per heavy atom. The Hall–Kier alpha value is -2.64. The number of ether oxygens (including phenoxy) is 1. The molecule has 0 radical (unpaired) electrons. The van der Waals surface area contributed by atoms with Crippen LogP contribution < -0.4 is 5.32 Å². The number of hydrogen-bond donors (Lipinski definition) is 2. The molecule has 0 unspecified atom stereocenters. The van der Waals surface area contributed by atoms with Gasteiger partial charge in [0.15, 0.2) is 0 Å². The van der Waals surface area contributed by atoms with Crippen LogP contribution in [0.5, 0.6) is 0 Å². The van der Waals surface area contributed by atoms with Crippen molar-refractivity contribution < 1.29 is 13.9 Å². The molecular weight excluding hydrogens is 401 g/mol. The van der Waals surface area contributed by atoms with Crippen molar-refractivity contribution in [3.05, 3.63) is 59.9 Å².